The number of rotatable bonds is 9. The Balaban J connectivity index is 1.87. The van der Waals surface area contributed by atoms with E-state index in [1.807, 2.05) is 0 Å². The van der Waals surface area contributed by atoms with Gasteiger partial charge in [0.05, 0.1) is 6.26 Å². The molecule has 0 radical (unpaired) electrons. The molecule has 6 nitrogen and oxygen atoms in total. The molecule has 6 heteroatoms. The molecule has 0 saturated heterocycles. The Morgan fingerprint density at radius 2 is 1.80 bits per heavy atom. The summed E-state index contributed by atoms with van der Waals surface area (Å²) < 4.78 is 10.5. The summed E-state index contributed by atoms with van der Waals surface area (Å²) in [5, 5.41) is 2.70. The lowest BCUT2D eigenvalue weighted by atomic mass is 10.3. The second-order valence-corrected chi connectivity index (χ2v) is 5.12. The molecule has 1 heterocycles. The highest BCUT2D eigenvalue weighted by Gasteiger charge is 2.12. The number of carbonyl (C=O) groups excluding carboxylic acids is 2. The molecule has 1 N–H and O–H groups in total. The highest BCUT2D eigenvalue weighted by atomic mass is 16.5. The summed E-state index contributed by atoms with van der Waals surface area (Å²) in [6, 6.07) is 9.95. The third-order valence-corrected chi connectivity index (χ3v) is 3.27. The zero-order valence-corrected chi connectivity index (χ0v) is 13.8. The van der Waals surface area contributed by atoms with Crippen LogP contribution in [0.4, 0.5) is 5.69 Å². The number of carbonyl (C=O) groups is 2. The van der Waals surface area contributed by atoms with E-state index in [2.05, 4.69) is 18.5 Å². The summed E-state index contributed by atoms with van der Waals surface area (Å²) >= 11 is 0. The average Bonchev–Trinajstić information content (AvgIpc) is 3.15. The lowest BCUT2D eigenvalue weighted by Gasteiger charge is -2.19. The fraction of sp³-hybridized carbons (Fsp3) is 0.158. The molecule has 2 amide bonds. The molecule has 2 rings (SSSR count). The number of hydrogen-bond donors (Lipinski definition) is 1. The molecule has 130 valence electrons. The predicted octanol–water partition coefficient (Wildman–Crippen LogP) is 3.11. The van der Waals surface area contributed by atoms with Gasteiger partial charge in [0, 0.05) is 18.8 Å². The summed E-state index contributed by atoms with van der Waals surface area (Å²) in [4.78, 5) is 25.5. The van der Waals surface area contributed by atoms with Crippen LogP contribution in [0.5, 0.6) is 5.75 Å². The maximum Gasteiger partial charge on any atom is 0.291 e. The van der Waals surface area contributed by atoms with E-state index in [1.54, 1.807) is 53.5 Å². The SMILES string of the molecule is C=CCN(CC=C)C(=O)COc1ccc(NC(=O)c2ccco2)cc1. The summed E-state index contributed by atoms with van der Waals surface area (Å²) in [5.41, 5.74) is 0.597. The Morgan fingerprint density at radius 3 is 2.36 bits per heavy atom. The van der Waals surface area contributed by atoms with Crippen LogP contribution < -0.4 is 10.1 Å². The number of ether oxygens (including phenoxy) is 1. The molecular formula is C19H20N2O4. The molecule has 0 bridgehead atoms. The van der Waals surface area contributed by atoms with Crippen molar-refractivity contribution in [3.63, 3.8) is 0 Å². The van der Waals surface area contributed by atoms with Crippen LogP contribution in [0, 0.1) is 0 Å². The van der Waals surface area contributed by atoms with Gasteiger partial charge in [-0.2, -0.15) is 0 Å². The van der Waals surface area contributed by atoms with Gasteiger partial charge in [-0.1, -0.05) is 12.2 Å². The lowest BCUT2D eigenvalue weighted by molar-refractivity contribution is -0.132. The highest BCUT2D eigenvalue weighted by molar-refractivity contribution is 6.02. The van der Waals surface area contributed by atoms with Crippen molar-refractivity contribution in [2.75, 3.05) is 25.0 Å². The molecule has 1 aromatic carbocycles. The van der Waals surface area contributed by atoms with Gasteiger partial charge in [-0.25, -0.2) is 0 Å². The van der Waals surface area contributed by atoms with Gasteiger partial charge in [0.2, 0.25) is 0 Å². The molecule has 2 aromatic rings. The summed E-state index contributed by atoms with van der Waals surface area (Å²) in [6.45, 7) is 8.04. The van der Waals surface area contributed by atoms with Gasteiger partial charge in [-0.15, -0.1) is 13.2 Å². The summed E-state index contributed by atoms with van der Waals surface area (Å²) in [5.74, 6) is 0.269. The second-order valence-electron chi connectivity index (χ2n) is 5.12. The van der Waals surface area contributed by atoms with Crippen LogP contribution in [0.2, 0.25) is 0 Å². The van der Waals surface area contributed by atoms with Crippen molar-refractivity contribution < 1.29 is 18.7 Å². The van der Waals surface area contributed by atoms with Gasteiger partial charge in [0.25, 0.3) is 11.8 Å². The minimum absolute atomic E-state index is 0.0836. The first kappa shape index (κ1) is 18.1. The first-order valence-electron chi connectivity index (χ1n) is 7.71. The van der Waals surface area contributed by atoms with Crippen molar-refractivity contribution in [3.8, 4) is 5.75 Å². The van der Waals surface area contributed by atoms with Crippen LogP contribution in [-0.2, 0) is 4.79 Å². The molecule has 0 aliphatic heterocycles. The molecular weight excluding hydrogens is 320 g/mol. The van der Waals surface area contributed by atoms with Gasteiger partial charge >= 0.3 is 0 Å². The van der Waals surface area contributed by atoms with Crippen LogP contribution in [-0.4, -0.2) is 36.4 Å². The fourth-order valence-corrected chi connectivity index (χ4v) is 2.06. The van der Waals surface area contributed by atoms with Gasteiger partial charge in [0.15, 0.2) is 12.4 Å². The Hall–Kier alpha value is -3.28. The smallest absolute Gasteiger partial charge is 0.291 e. The fourth-order valence-electron chi connectivity index (χ4n) is 2.06. The van der Waals surface area contributed by atoms with Crippen molar-refractivity contribution in [2.24, 2.45) is 0 Å². The average molecular weight is 340 g/mol. The van der Waals surface area contributed by atoms with Crippen LogP contribution in [0.15, 0.2) is 72.4 Å². The van der Waals surface area contributed by atoms with Gasteiger partial charge in [-0.05, 0) is 36.4 Å². The molecule has 0 spiro atoms. The van der Waals surface area contributed by atoms with Gasteiger partial charge in [0.1, 0.15) is 5.75 Å². The largest absolute Gasteiger partial charge is 0.484 e. The standard InChI is InChI=1S/C19H20N2O4/c1-3-11-21(12-4-2)18(22)14-25-16-9-7-15(8-10-16)20-19(23)17-6-5-13-24-17/h3-10,13H,1-2,11-12,14H2,(H,20,23). The predicted molar refractivity (Wildman–Crippen MR) is 95.6 cm³/mol. The van der Waals surface area contributed by atoms with E-state index in [1.165, 1.54) is 6.26 Å². The normalized spacial score (nSPS) is 9.92. The van der Waals surface area contributed by atoms with Crippen LogP contribution in [0.3, 0.4) is 0 Å². The molecule has 0 fully saturated rings. The van der Waals surface area contributed by atoms with Gasteiger partial charge < -0.3 is 19.4 Å². The van der Waals surface area contributed by atoms with E-state index in [0.717, 1.165) is 0 Å². The number of nitrogens with zero attached hydrogens (tertiary/aromatic N) is 1. The van der Waals surface area contributed by atoms with E-state index in [4.69, 9.17) is 9.15 Å². The molecule has 0 aliphatic carbocycles. The zero-order valence-electron chi connectivity index (χ0n) is 13.8. The topological polar surface area (TPSA) is 71.8 Å². The van der Waals surface area contributed by atoms with Crippen molar-refractivity contribution >= 4 is 17.5 Å². The molecule has 0 aliphatic rings. The number of benzene rings is 1. The highest BCUT2D eigenvalue weighted by Crippen LogP contribution is 2.16. The summed E-state index contributed by atoms with van der Waals surface area (Å²) in [7, 11) is 0. The van der Waals surface area contributed by atoms with Crippen molar-refractivity contribution in [2.45, 2.75) is 0 Å². The second kappa shape index (κ2) is 9.12. The minimum atomic E-state index is -0.335. The number of nitrogens with one attached hydrogen (secondary N) is 1. The molecule has 0 unspecified atom stereocenters. The van der Waals surface area contributed by atoms with Crippen molar-refractivity contribution in [3.05, 3.63) is 73.7 Å². The van der Waals surface area contributed by atoms with Crippen molar-refractivity contribution in [1.82, 2.24) is 4.90 Å². The van der Waals surface area contributed by atoms with Gasteiger partial charge in [-0.3, -0.25) is 9.59 Å². The number of anilines is 1. The van der Waals surface area contributed by atoms with E-state index in [-0.39, 0.29) is 24.2 Å². The number of hydrogen-bond acceptors (Lipinski definition) is 4. The third-order valence-electron chi connectivity index (χ3n) is 3.27. The van der Waals surface area contributed by atoms with Crippen LogP contribution in [0.1, 0.15) is 10.6 Å². The lowest BCUT2D eigenvalue weighted by Crippen LogP contribution is -2.35. The van der Waals surface area contributed by atoms with E-state index >= 15 is 0 Å². The Bertz CT molecular complexity index is 710. The quantitative estimate of drug-likeness (QED) is 0.712. The molecule has 0 atom stereocenters. The maximum atomic E-state index is 12.1. The van der Waals surface area contributed by atoms with E-state index < -0.39 is 0 Å². The maximum absolute atomic E-state index is 12.1. The van der Waals surface area contributed by atoms with Crippen molar-refractivity contribution in [1.29, 1.82) is 0 Å². The monoisotopic (exact) mass is 340 g/mol. The molecule has 25 heavy (non-hydrogen) atoms. The number of amides is 2. The third kappa shape index (κ3) is 5.39. The van der Waals surface area contributed by atoms with Crippen LogP contribution >= 0.6 is 0 Å². The van der Waals surface area contributed by atoms with E-state index in [9.17, 15) is 9.59 Å². The summed E-state index contributed by atoms with van der Waals surface area (Å²) in [6.07, 6.45) is 4.74. The van der Waals surface area contributed by atoms with E-state index in [0.29, 0.717) is 24.5 Å². The first-order valence-corrected chi connectivity index (χ1v) is 7.71. The minimum Gasteiger partial charge on any atom is -0.484 e. The Labute approximate surface area is 146 Å². The Morgan fingerprint density at radius 1 is 1.12 bits per heavy atom. The Kier molecular flexibility index (Phi) is 6.59. The van der Waals surface area contributed by atoms with Crippen LogP contribution in [0.25, 0.3) is 0 Å². The zero-order chi connectivity index (χ0) is 18.1. The number of furan rings is 1. The molecule has 1 aromatic heterocycles. The molecule has 0 saturated carbocycles. The first-order chi connectivity index (χ1) is 12.1.